The minimum atomic E-state index is -2.73. The van der Waals surface area contributed by atoms with Gasteiger partial charge in [-0.1, -0.05) is 0 Å². The number of hydrogen-bond donors (Lipinski definition) is 1. The molecule has 1 aromatic rings. The fourth-order valence-electron chi connectivity index (χ4n) is 1.81. The van der Waals surface area contributed by atoms with Gasteiger partial charge < -0.3 is 9.84 Å². The summed E-state index contributed by atoms with van der Waals surface area (Å²) < 4.78 is 30.6. The third-order valence-corrected chi connectivity index (χ3v) is 3.98. The van der Waals surface area contributed by atoms with Gasteiger partial charge in [-0.2, -0.15) is 20.5 Å². The van der Waals surface area contributed by atoms with Crippen LogP contribution in [0.15, 0.2) is 12.4 Å². The molecule has 0 amide bonds. The second-order valence-electron chi connectivity index (χ2n) is 4.25. The average molecular weight is 292 g/mol. The maximum atomic E-state index is 12.5. The Morgan fingerprint density at radius 3 is 2.89 bits per heavy atom. The molecule has 0 atom stereocenters. The first-order valence-electron chi connectivity index (χ1n) is 5.80. The molecule has 2 heterocycles. The Kier molecular flexibility index (Phi) is 4.41. The van der Waals surface area contributed by atoms with Crippen LogP contribution < -0.4 is 0 Å². The molecule has 1 fully saturated rings. The molecule has 19 heavy (non-hydrogen) atoms. The summed E-state index contributed by atoms with van der Waals surface area (Å²) in [5.74, 6) is 0.544. The minimum Gasteiger partial charge on any atom is -0.455 e. The number of aliphatic hydroxyl groups is 1. The number of nitrogens with zero attached hydrogens (tertiary/aromatic N) is 2. The van der Waals surface area contributed by atoms with E-state index in [1.807, 2.05) is 0 Å². The van der Waals surface area contributed by atoms with Gasteiger partial charge in [0.05, 0.1) is 0 Å². The quantitative estimate of drug-likeness (QED) is 0.854. The summed E-state index contributed by atoms with van der Waals surface area (Å²) in [5.41, 5.74) is -1.49. The number of ether oxygens (including phenoxy) is 1. The largest absolute Gasteiger partial charge is 0.455 e. The van der Waals surface area contributed by atoms with Gasteiger partial charge in [-0.15, -0.1) is 0 Å². The Morgan fingerprint density at radius 1 is 1.58 bits per heavy atom. The maximum absolute atomic E-state index is 12.5. The van der Waals surface area contributed by atoms with Crippen LogP contribution in [-0.4, -0.2) is 37.7 Å². The lowest BCUT2D eigenvalue weighted by Gasteiger charge is -2.29. The zero-order valence-electron chi connectivity index (χ0n) is 10.1. The zero-order valence-corrected chi connectivity index (χ0v) is 10.9. The number of imidazole rings is 1. The first-order chi connectivity index (χ1) is 9.03. The molecule has 0 aliphatic carbocycles. The highest BCUT2D eigenvalue weighted by atomic mass is 32.2. The number of aromatic nitrogens is 2. The Balaban J connectivity index is 1.94. The molecule has 2 rings (SSSR count). The van der Waals surface area contributed by atoms with E-state index in [1.54, 1.807) is 11.8 Å². The summed E-state index contributed by atoms with van der Waals surface area (Å²) in [7, 11) is 0. The van der Waals surface area contributed by atoms with Gasteiger partial charge in [-0.25, -0.2) is 9.78 Å². The Morgan fingerprint density at radius 2 is 2.26 bits per heavy atom. The average Bonchev–Trinajstić information content (AvgIpc) is 2.85. The van der Waals surface area contributed by atoms with Crippen molar-refractivity contribution in [2.45, 2.75) is 31.6 Å². The third-order valence-electron chi connectivity index (χ3n) is 2.99. The lowest BCUT2D eigenvalue weighted by atomic mass is 9.97. The van der Waals surface area contributed by atoms with Crippen molar-refractivity contribution >= 4 is 17.7 Å². The van der Waals surface area contributed by atoms with Gasteiger partial charge in [-0.3, -0.25) is 4.57 Å². The van der Waals surface area contributed by atoms with Gasteiger partial charge >= 0.3 is 12.5 Å². The lowest BCUT2D eigenvalue weighted by Crippen LogP contribution is -2.43. The van der Waals surface area contributed by atoms with Crippen molar-refractivity contribution in [2.75, 3.05) is 11.5 Å². The zero-order chi connectivity index (χ0) is 13.9. The van der Waals surface area contributed by atoms with Crippen LogP contribution in [0.3, 0.4) is 0 Å². The van der Waals surface area contributed by atoms with Crippen LogP contribution in [0.25, 0.3) is 0 Å². The topological polar surface area (TPSA) is 64.3 Å². The van der Waals surface area contributed by atoms with Crippen LogP contribution in [0.1, 0.15) is 25.2 Å². The standard InChI is InChI=1S/C11H14F2N2O3S/c12-10(13)15-4-3-14-8(15)7-18-9(16)11(17)1-5-19-6-2-11/h3-4,10,17H,1-2,5-7H2. The molecule has 0 aromatic carbocycles. The van der Waals surface area contributed by atoms with Crippen LogP contribution in [0.5, 0.6) is 0 Å². The van der Waals surface area contributed by atoms with E-state index in [9.17, 15) is 18.7 Å². The van der Waals surface area contributed by atoms with Gasteiger partial charge in [0.2, 0.25) is 0 Å². The Hall–Kier alpha value is -1.15. The summed E-state index contributed by atoms with van der Waals surface area (Å²) in [6.07, 6.45) is 2.96. The molecular formula is C11H14F2N2O3S. The highest BCUT2D eigenvalue weighted by Crippen LogP contribution is 2.28. The van der Waals surface area contributed by atoms with E-state index in [4.69, 9.17) is 4.74 Å². The summed E-state index contributed by atoms with van der Waals surface area (Å²) in [6.45, 7) is -3.10. The summed E-state index contributed by atoms with van der Waals surface area (Å²) >= 11 is 1.65. The van der Waals surface area contributed by atoms with Gasteiger partial charge in [-0.05, 0) is 24.3 Å². The second-order valence-corrected chi connectivity index (χ2v) is 5.47. The first kappa shape index (κ1) is 14.3. The molecule has 0 unspecified atom stereocenters. The van der Waals surface area contributed by atoms with Crippen molar-refractivity contribution in [1.29, 1.82) is 0 Å². The first-order valence-corrected chi connectivity index (χ1v) is 6.95. The number of carbonyl (C=O) groups excluding carboxylic acids is 1. The molecular weight excluding hydrogens is 278 g/mol. The van der Waals surface area contributed by atoms with E-state index in [2.05, 4.69) is 4.98 Å². The Bertz CT molecular complexity index is 447. The highest BCUT2D eigenvalue weighted by Gasteiger charge is 2.39. The SMILES string of the molecule is O=C(OCc1nccn1C(F)F)C1(O)CCSCC1. The van der Waals surface area contributed by atoms with E-state index in [-0.39, 0.29) is 12.4 Å². The predicted molar refractivity (Wildman–Crippen MR) is 64.8 cm³/mol. The molecule has 0 radical (unpaired) electrons. The van der Waals surface area contributed by atoms with Crippen molar-refractivity contribution < 1.29 is 23.4 Å². The van der Waals surface area contributed by atoms with E-state index in [0.29, 0.717) is 28.9 Å². The normalized spacial score (nSPS) is 18.5. The summed E-state index contributed by atoms with van der Waals surface area (Å²) in [4.78, 5) is 15.5. The second kappa shape index (κ2) is 5.87. The van der Waals surface area contributed by atoms with Gasteiger partial charge in [0.15, 0.2) is 11.4 Å². The number of thioether (sulfide) groups is 1. The van der Waals surface area contributed by atoms with Crippen LogP contribution in [0, 0.1) is 0 Å². The van der Waals surface area contributed by atoms with Crippen LogP contribution in [0.2, 0.25) is 0 Å². The van der Waals surface area contributed by atoms with Crippen molar-refractivity contribution in [2.24, 2.45) is 0 Å². The van der Waals surface area contributed by atoms with Crippen LogP contribution >= 0.6 is 11.8 Å². The monoisotopic (exact) mass is 292 g/mol. The summed E-state index contributed by atoms with van der Waals surface area (Å²) in [6, 6.07) is 0. The Labute approximate surface area is 113 Å². The molecule has 1 aromatic heterocycles. The highest BCUT2D eigenvalue weighted by molar-refractivity contribution is 7.99. The van der Waals surface area contributed by atoms with E-state index >= 15 is 0 Å². The minimum absolute atomic E-state index is 0.0443. The molecule has 1 N–H and O–H groups in total. The number of esters is 1. The fourth-order valence-corrected chi connectivity index (χ4v) is 2.98. The van der Waals surface area contributed by atoms with Crippen molar-refractivity contribution in [1.82, 2.24) is 9.55 Å². The molecule has 0 spiro atoms. The van der Waals surface area contributed by atoms with Gasteiger partial charge in [0, 0.05) is 12.4 Å². The summed E-state index contributed by atoms with van der Waals surface area (Å²) in [5, 5.41) is 10.1. The van der Waals surface area contributed by atoms with Crippen molar-refractivity contribution in [3.8, 4) is 0 Å². The predicted octanol–water partition coefficient (Wildman–Crippen LogP) is 1.58. The molecule has 1 saturated heterocycles. The van der Waals surface area contributed by atoms with Crippen LogP contribution in [0.4, 0.5) is 8.78 Å². The fraction of sp³-hybridized carbons (Fsp3) is 0.636. The molecule has 0 saturated carbocycles. The molecule has 106 valence electrons. The maximum Gasteiger partial charge on any atom is 0.338 e. The lowest BCUT2D eigenvalue weighted by molar-refractivity contribution is -0.168. The number of rotatable bonds is 4. The molecule has 8 heteroatoms. The smallest absolute Gasteiger partial charge is 0.338 e. The number of carbonyl (C=O) groups is 1. The van der Waals surface area contributed by atoms with Gasteiger partial charge in [0.25, 0.3) is 0 Å². The third kappa shape index (κ3) is 3.24. The molecule has 1 aliphatic rings. The molecule has 1 aliphatic heterocycles. The van der Waals surface area contributed by atoms with Gasteiger partial charge in [0.1, 0.15) is 6.61 Å². The van der Waals surface area contributed by atoms with E-state index in [0.717, 1.165) is 6.20 Å². The number of alkyl halides is 2. The van der Waals surface area contributed by atoms with Crippen molar-refractivity contribution in [3.05, 3.63) is 18.2 Å². The molecule has 0 bridgehead atoms. The van der Waals surface area contributed by atoms with Crippen LogP contribution in [-0.2, 0) is 16.1 Å². The number of hydrogen-bond acceptors (Lipinski definition) is 5. The van der Waals surface area contributed by atoms with Crippen molar-refractivity contribution in [3.63, 3.8) is 0 Å². The van der Waals surface area contributed by atoms with E-state index in [1.165, 1.54) is 6.20 Å². The molecule has 5 nitrogen and oxygen atoms in total. The van der Waals surface area contributed by atoms with E-state index < -0.39 is 18.1 Å². The number of halogens is 2.